The van der Waals surface area contributed by atoms with Gasteiger partial charge in [-0.05, 0) is 48.5 Å². The van der Waals surface area contributed by atoms with Crippen molar-refractivity contribution in [2.24, 2.45) is 5.73 Å². The van der Waals surface area contributed by atoms with E-state index in [1.165, 1.54) is 18.3 Å². The number of nitrogens with two attached hydrogens (primary N) is 1. The number of amides is 2. The Labute approximate surface area is 159 Å². The molecule has 0 aliphatic heterocycles. The van der Waals surface area contributed by atoms with Crippen molar-refractivity contribution in [1.82, 2.24) is 9.97 Å². The quantitative estimate of drug-likeness (QED) is 0.627. The molecule has 0 fully saturated rings. The van der Waals surface area contributed by atoms with Crippen molar-refractivity contribution >= 4 is 29.1 Å². The maximum Gasteiger partial charge on any atom is 0.254 e. The summed E-state index contributed by atoms with van der Waals surface area (Å²) in [5, 5.41) is 3.23. The Morgan fingerprint density at radius 3 is 2.33 bits per heavy atom. The molecule has 1 heterocycles. The summed E-state index contributed by atoms with van der Waals surface area (Å²) in [5.41, 5.74) is 6.55. The van der Waals surface area contributed by atoms with Crippen LogP contribution < -0.4 is 16.6 Å². The molecule has 3 aromatic rings. The van der Waals surface area contributed by atoms with Crippen LogP contribution in [0.3, 0.4) is 0 Å². The van der Waals surface area contributed by atoms with Crippen LogP contribution in [-0.2, 0) is 11.2 Å². The fraction of sp³-hybridized carbons (Fsp3) is 0.0526. The van der Waals surface area contributed by atoms with Gasteiger partial charge in [0.15, 0.2) is 0 Å². The van der Waals surface area contributed by atoms with Crippen LogP contribution in [0.2, 0.25) is 5.02 Å². The molecule has 0 saturated heterocycles. The molecule has 2 amide bonds. The smallest absolute Gasteiger partial charge is 0.254 e. The van der Waals surface area contributed by atoms with Crippen molar-refractivity contribution in [1.29, 1.82) is 0 Å². The van der Waals surface area contributed by atoms with Gasteiger partial charge in [0.05, 0.1) is 6.42 Å². The normalized spacial score (nSPS) is 10.4. The van der Waals surface area contributed by atoms with E-state index in [0.717, 1.165) is 0 Å². The van der Waals surface area contributed by atoms with Crippen molar-refractivity contribution in [3.8, 4) is 11.4 Å². The van der Waals surface area contributed by atoms with Gasteiger partial charge in [-0.25, -0.2) is 4.98 Å². The number of halogens is 1. The highest BCUT2D eigenvalue weighted by atomic mass is 35.5. The van der Waals surface area contributed by atoms with Gasteiger partial charge >= 0.3 is 0 Å². The molecule has 0 saturated carbocycles. The van der Waals surface area contributed by atoms with Crippen molar-refractivity contribution < 1.29 is 9.59 Å². The fourth-order valence-electron chi connectivity index (χ4n) is 2.40. The lowest BCUT2D eigenvalue weighted by Gasteiger charge is -2.06. The number of anilines is 1. The van der Waals surface area contributed by atoms with Gasteiger partial charge in [-0.1, -0.05) is 11.6 Å². The number of carbonyl (C=O) groups is 2. The fourth-order valence-corrected chi connectivity index (χ4v) is 2.52. The second-order valence-corrected chi connectivity index (χ2v) is 6.20. The standard InChI is InChI=1S/C19H15ClN4O3/c20-14-5-1-12(2-6-14)18-22-10-13(19(27)24-18)9-16(25)23-15-7-3-11(4-8-15)17(21)26/h1-8,10H,9H2,(H2,21,26)(H,23,25)(H,22,24,27). The SMILES string of the molecule is NC(=O)c1ccc(NC(=O)Cc2cnc(-c3ccc(Cl)cc3)[nH]c2=O)cc1. The Morgan fingerprint density at radius 1 is 1.07 bits per heavy atom. The molecule has 136 valence electrons. The number of rotatable bonds is 5. The zero-order valence-electron chi connectivity index (χ0n) is 14.0. The van der Waals surface area contributed by atoms with Crippen LogP contribution in [-0.4, -0.2) is 21.8 Å². The van der Waals surface area contributed by atoms with E-state index in [-0.39, 0.29) is 17.9 Å². The first kappa shape index (κ1) is 18.3. The number of hydrogen-bond donors (Lipinski definition) is 3. The predicted octanol–water partition coefficient (Wildman–Crippen LogP) is 2.37. The molecule has 4 N–H and O–H groups in total. The van der Waals surface area contributed by atoms with Crippen LogP contribution in [0.15, 0.2) is 59.5 Å². The largest absolute Gasteiger partial charge is 0.366 e. The monoisotopic (exact) mass is 382 g/mol. The highest BCUT2D eigenvalue weighted by Gasteiger charge is 2.10. The number of nitrogens with one attached hydrogen (secondary N) is 2. The van der Waals surface area contributed by atoms with E-state index in [1.54, 1.807) is 36.4 Å². The Balaban J connectivity index is 1.69. The summed E-state index contributed by atoms with van der Waals surface area (Å²) in [4.78, 5) is 42.3. The van der Waals surface area contributed by atoms with Crippen LogP contribution in [0.4, 0.5) is 5.69 Å². The van der Waals surface area contributed by atoms with Gasteiger partial charge in [0.1, 0.15) is 5.82 Å². The second kappa shape index (κ2) is 7.84. The maximum atomic E-state index is 12.2. The summed E-state index contributed by atoms with van der Waals surface area (Å²) in [5.74, 6) is -0.539. The third-order valence-electron chi connectivity index (χ3n) is 3.79. The molecular formula is C19H15ClN4O3. The topological polar surface area (TPSA) is 118 Å². The summed E-state index contributed by atoms with van der Waals surface area (Å²) in [7, 11) is 0. The average molecular weight is 383 g/mol. The minimum Gasteiger partial charge on any atom is -0.366 e. The molecule has 27 heavy (non-hydrogen) atoms. The van der Waals surface area contributed by atoms with E-state index in [4.69, 9.17) is 17.3 Å². The van der Waals surface area contributed by atoms with Gasteiger partial charge in [-0.15, -0.1) is 0 Å². The average Bonchev–Trinajstić information content (AvgIpc) is 2.64. The van der Waals surface area contributed by atoms with Crippen molar-refractivity contribution in [2.75, 3.05) is 5.32 Å². The first-order chi connectivity index (χ1) is 12.9. The summed E-state index contributed by atoms with van der Waals surface area (Å²) in [6, 6.07) is 13.0. The molecule has 0 aliphatic rings. The zero-order valence-corrected chi connectivity index (χ0v) is 14.8. The molecule has 2 aromatic carbocycles. The number of benzene rings is 2. The third-order valence-corrected chi connectivity index (χ3v) is 4.05. The number of hydrogen-bond acceptors (Lipinski definition) is 4. The van der Waals surface area contributed by atoms with Crippen LogP contribution in [0.25, 0.3) is 11.4 Å². The van der Waals surface area contributed by atoms with E-state index >= 15 is 0 Å². The minimum absolute atomic E-state index is 0.138. The molecule has 3 rings (SSSR count). The van der Waals surface area contributed by atoms with Crippen LogP contribution in [0, 0.1) is 0 Å². The molecule has 0 atom stereocenters. The summed E-state index contributed by atoms with van der Waals surface area (Å²) in [6.45, 7) is 0. The number of H-pyrrole nitrogens is 1. The Kier molecular flexibility index (Phi) is 5.33. The lowest BCUT2D eigenvalue weighted by molar-refractivity contribution is -0.115. The predicted molar refractivity (Wildman–Crippen MR) is 103 cm³/mol. The van der Waals surface area contributed by atoms with E-state index in [2.05, 4.69) is 15.3 Å². The number of aromatic nitrogens is 2. The Hall–Kier alpha value is -3.45. The molecule has 8 heteroatoms. The second-order valence-electron chi connectivity index (χ2n) is 5.76. The molecule has 0 bridgehead atoms. The highest BCUT2D eigenvalue weighted by molar-refractivity contribution is 6.30. The molecule has 7 nitrogen and oxygen atoms in total. The zero-order chi connectivity index (χ0) is 19.4. The summed E-state index contributed by atoms with van der Waals surface area (Å²) < 4.78 is 0. The van der Waals surface area contributed by atoms with Crippen molar-refractivity contribution in [3.63, 3.8) is 0 Å². The van der Waals surface area contributed by atoms with E-state index in [9.17, 15) is 14.4 Å². The maximum absolute atomic E-state index is 12.2. The van der Waals surface area contributed by atoms with Crippen LogP contribution >= 0.6 is 11.6 Å². The molecular weight excluding hydrogens is 368 g/mol. The number of aromatic amines is 1. The summed E-state index contributed by atoms with van der Waals surface area (Å²) in [6.07, 6.45) is 1.24. The summed E-state index contributed by atoms with van der Waals surface area (Å²) >= 11 is 5.84. The Morgan fingerprint density at radius 2 is 1.74 bits per heavy atom. The first-order valence-electron chi connectivity index (χ1n) is 7.96. The Bertz CT molecular complexity index is 1040. The van der Waals surface area contributed by atoms with Crippen LogP contribution in [0.5, 0.6) is 0 Å². The van der Waals surface area contributed by atoms with E-state index in [0.29, 0.717) is 27.7 Å². The van der Waals surface area contributed by atoms with Crippen molar-refractivity contribution in [3.05, 3.63) is 81.2 Å². The first-order valence-corrected chi connectivity index (χ1v) is 8.34. The number of carbonyl (C=O) groups excluding carboxylic acids is 2. The molecule has 0 unspecified atom stereocenters. The molecule has 0 radical (unpaired) electrons. The lowest BCUT2D eigenvalue weighted by Crippen LogP contribution is -2.22. The number of nitrogens with zero attached hydrogens (tertiary/aromatic N) is 1. The lowest BCUT2D eigenvalue weighted by atomic mass is 10.1. The van der Waals surface area contributed by atoms with E-state index < -0.39 is 11.5 Å². The van der Waals surface area contributed by atoms with E-state index in [1.807, 2.05) is 0 Å². The molecule has 1 aromatic heterocycles. The van der Waals surface area contributed by atoms with Crippen LogP contribution in [0.1, 0.15) is 15.9 Å². The van der Waals surface area contributed by atoms with Gasteiger partial charge in [-0.2, -0.15) is 0 Å². The van der Waals surface area contributed by atoms with Gasteiger partial charge in [-0.3, -0.25) is 14.4 Å². The molecule has 0 spiro atoms. The minimum atomic E-state index is -0.550. The highest BCUT2D eigenvalue weighted by Crippen LogP contribution is 2.17. The van der Waals surface area contributed by atoms with Gasteiger partial charge < -0.3 is 16.0 Å². The van der Waals surface area contributed by atoms with Gasteiger partial charge in [0.2, 0.25) is 11.8 Å². The van der Waals surface area contributed by atoms with Gasteiger partial charge in [0.25, 0.3) is 5.56 Å². The number of primary amides is 1. The van der Waals surface area contributed by atoms with Crippen molar-refractivity contribution in [2.45, 2.75) is 6.42 Å². The van der Waals surface area contributed by atoms with Gasteiger partial charge in [0, 0.05) is 33.6 Å². The molecule has 0 aliphatic carbocycles. The third kappa shape index (κ3) is 4.59.